The Morgan fingerprint density at radius 1 is 1.38 bits per heavy atom. The number of hydrogen-bond donors (Lipinski definition) is 2. The Morgan fingerprint density at radius 3 is 2.71 bits per heavy atom. The number of nitrogens with zero attached hydrogens (tertiary/aromatic N) is 1. The minimum Gasteiger partial charge on any atom is -0.478 e. The average molecular weight is 292 g/mol. The lowest BCUT2D eigenvalue weighted by molar-refractivity contribution is -0.0249. The predicted molar refractivity (Wildman–Crippen MR) is 78.8 cm³/mol. The maximum Gasteiger partial charge on any atom is 0.337 e. The molecule has 1 saturated heterocycles. The first-order chi connectivity index (χ1) is 9.81. The van der Waals surface area contributed by atoms with Crippen molar-refractivity contribution in [3.8, 4) is 0 Å². The molecule has 114 valence electrons. The standard InChI is InChI=1S/C15H20N2O4/c1-10-4-5-12(11(8-10)13(18)19)16-14(20)17-6-7-21-9-15(17,2)3/h4-5,8H,6-7,9H2,1-3H3,(H,16,20)(H,18,19). The first kappa shape index (κ1) is 15.3. The van der Waals surface area contributed by atoms with E-state index in [1.54, 1.807) is 23.1 Å². The third-order valence-electron chi connectivity index (χ3n) is 3.54. The molecule has 0 atom stereocenters. The van der Waals surface area contributed by atoms with Crippen LogP contribution in [0.5, 0.6) is 0 Å². The van der Waals surface area contributed by atoms with Crippen molar-refractivity contribution in [1.29, 1.82) is 0 Å². The zero-order chi connectivity index (χ0) is 15.6. The molecule has 1 aromatic carbocycles. The van der Waals surface area contributed by atoms with Crippen molar-refractivity contribution >= 4 is 17.7 Å². The van der Waals surface area contributed by atoms with Gasteiger partial charge in [0.05, 0.1) is 30.0 Å². The molecule has 0 radical (unpaired) electrons. The highest BCUT2D eigenvalue weighted by atomic mass is 16.5. The van der Waals surface area contributed by atoms with Crippen molar-refractivity contribution in [2.24, 2.45) is 0 Å². The molecule has 2 amide bonds. The van der Waals surface area contributed by atoms with Crippen LogP contribution in [-0.4, -0.2) is 47.3 Å². The Bertz CT molecular complexity index is 569. The number of anilines is 1. The molecule has 1 aliphatic heterocycles. The van der Waals surface area contributed by atoms with E-state index < -0.39 is 11.5 Å². The number of carbonyl (C=O) groups is 2. The van der Waals surface area contributed by atoms with Crippen LogP contribution in [-0.2, 0) is 4.74 Å². The lowest BCUT2D eigenvalue weighted by Crippen LogP contribution is -2.56. The van der Waals surface area contributed by atoms with Gasteiger partial charge in [0.15, 0.2) is 0 Å². The smallest absolute Gasteiger partial charge is 0.337 e. The lowest BCUT2D eigenvalue weighted by Gasteiger charge is -2.41. The summed E-state index contributed by atoms with van der Waals surface area (Å²) in [5.74, 6) is -1.06. The fraction of sp³-hybridized carbons (Fsp3) is 0.467. The second-order valence-electron chi connectivity index (χ2n) is 5.80. The van der Waals surface area contributed by atoms with Gasteiger partial charge >= 0.3 is 12.0 Å². The van der Waals surface area contributed by atoms with Crippen molar-refractivity contribution < 1.29 is 19.4 Å². The van der Waals surface area contributed by atoms with E-state index in [2.05, 4.69) is 5.32 Å². The van der Waals surface area contributed by atoms with Gasteiger partial charge in [-0.1, -0.05) is 11.6 Å². The largest absolute Gasteiger partial charge is 0.478 e. The van der Waals surface area contributed by atoms with E-state index in [0.29, 0.717) is 25.4 Å². The number of amides is 2. The Labute approximate surface area is 123 Å². The summed E-state index contributed by atoms with van der Waals surface area (Å²) in [5.41, 5.74) is 0.808. The molecule has 0 saturated carbocycles. The van der Waals surface area contributed by atoms with Crippen LogP contribution < -0.4 is 5.32 Å². The highest BCUT2D eigenvalue weighted by molar-refractivity contribution is 6.00. The van der Waals surface area contributed by atoms with E-state index in [4.69, 9.17) is 4.74 Å². The van der Waals surface area contributed by atoms with Crippen molar-refractivity contribution in [3.63, 3.8) is 0 Å². The van der Waals surface area contributed by atoms with Gasteiger partial charge in [0, 0.05) is 6.54 Å². The number of morpholine rings is 1. The highest BCUT2D eigenvalue weighted by Crippen LogP contribution is 2.22. The number of ether oxygens (including phenoxy) is 1. The SMILES string of the molecule is Cc1ccc(NC(=O)N2CCOCC2(C)C)c(C(=O)O)c1. The molecule has 6 heteroatoms. The quantitative estimate of drug-likeness (QED) is 0.877. The Hall–Kier alpha value is -2.08. The molecule has 2 N–H and O–H groups in total. The number of carboxylic acids is 1. The second-order valence-corrected chi connectivity index (χ2v) is 5.80. The number of hydrogen-bond acceptors (Lipinski definition) is 3. The number of rotatable bonds is 2. The van der Waals surface area contributed by atoms with Crippen molar-refractivity contribution in [3.05, 3.63) is 29.3 Å². The van der Waals surface area contributed by atoms with Crippen molar-refractivity contribution in [2.75, 3.05) is 25.1 Å². The minimum absolute atomic E-state index is 0.0921. The van der Waals surface area contributed by atoms with Crippen LogP contribution in [0.4, 0.5) is 10.5 Å². The van der Waals surface area contributed by atoms with Crippen molar-refractivity contribution in [2.45, 2.75) is 26.3 Å². The Morgan fingerprint density at radius 2 is 2.10 bits per heavy atom. The number of benzene rings is 1. The molecule has 1 heterocycles. The number of nitrogens with one attached hydrogen (secondary N) is 1. The van der Waals surface area contributed by atoms with Crippen molar-refractivity contribution in [1.82, 2.24) is 4.90 Å². The fourth-order valence-corrected chi connectivity index (χ4v) is 2.36. The molecule has 2 rings (SSSR count). The average Bonchev–Trinajstić information content (AvgIpc) is 2.39. The van der Waals surface area contributed by atoms with Crippen LogP contribution in [0.2, 0.25) is 0 Å². The summed E-state index contributed by atoms with van der Waals surface area (Å²) in [6.07, 6.45) is 0. The van der Waals surface area contributed by atoms with Gasteiger partial charge in [-0.05, 0) is 32.9 Å². The Balaban J connectivity index is 2.22. The molecule has 0 bridgehead atoms. The number of carboxylic acid groups (broad SMARTS) is 1. The minimum atomic E-state index is -1.06. The molecule has 21 heavy (non-hydrogen) atoms. The van der Waals surface area contributed by atoms with Crippen LogP contribution >= 0.6 is 0 Å². The molecule has 0 aliphatic carbocycles. The zero-order valence-corrected chi connectivity index (χ0v) is 12.5. The summed E-state index contributed by atoms with van der Waals surface area (Å²) >= 11 is 0. The second kappa shape index (κ2) is 5.73. The predicted octanol–water partition coefficient (Wildman–Crippen LogP) is 2.34. The topological polar surface area (TPSA) is 78.9 Å². The number of aryl methyl sites for hydroxylation is 1. The van der Waals surface area contributed by atoms with Gasteiger partial charge in [0.2, 0.25) is 0 Å². The molecule has 0 unspecified atom stereocenters. The first-order valence-electron chi connectivity index (χ1n) is 6.81. The van der Waals surface area contributed by atoms with E-state index in [-0.39, 0.29) is 11.6 Å². The molecular formula is C15H20N2O4. The molecule has 1 aliphatic rings. The van der Waals surface area contributed by atoms with Gasteiger partial charge < -0.3 is 20.1 Å². The zero-order valence-electron chi connectivity index (χ0n) is 12.5. The third kappa shape index (κ3) is 3.33. The van der Waals surface area contributed by atoms with E-state index in [1.165, 1.54) is 0 Å². The first-order valence-corrected chi connectivity index (χ1v) is 6.81. The van der Waals surface area contributed by atoms with Gasteiger partial charge in [-0.25, -0.2) is 9.59 Å². The van der Waals surface area contributed by atoms with Crippen LogP contribution in [0, 0.1) is 6.92 Å². The van der Waals surface area contributed by atoms with E-state index >= 15 is 0 Å². The van der Waals surface area contributed by atoms with Gasteiger partial charge in [0.25, 0.3) is 0 Å². The molecule has 1 aromatic rings. The van der Waals surface area contributed by atoms with E-state index in [0.717, 1.165) is 5.56 Å². The normalized spacial score (nSPS) is 17.4. The van der Waals surface area contributed by atoms with Gasteiger partial charge in [-0.15, -0.1) is 0 Å². The van der Waals surface area contributed by atoms with E-state index in [1.807, 2.05) is 20.8 Å². The number of carbonyl (C=O) groups excluding carboxylic acids is 1. The van der Waals surface area contributed by atoms with Crippen LogP contribution in [0.1, 0.15) is 29.8 Å². The lowest BCUT2D eigenvalue weighted by atomic mass is 10.0. The summed E-state index contributed by atoms with van der Waals surface area (Å²) in [5, 5.41) is 11.9. The maximum atomic E-state index is 12.4. The maximum absolute atomic E-state index is 12.4. The number of aromatic carboxylic acids is 1. The molecule has 0 spiro atoms. The van der Waals surface area contributed by atoms with Crippen LogP contribution in [0.25, 0.3) is 0 Å². The van der Waals surface area contributed by atoms with E-state index in [9.17, 15) is 14.7 Å². The number of urea groups is 1. The molecule has 0 aromatic heterocycles. The highest BCUT2D eigenvalue weighted by Gasteiger charge is 2.34. The van der Waals surface area contributed by atoms with Gasteiger partial charge in [-0.2, -0.15) is 0 Å². The third-order valence-corrected chi connectivity index (χ3v) is 3.54. The summed E-state index contributed by atoms with van der Waals surface area (Å²) in [6, 6.07) is 4.62. The van der Waals surface area contributed by atoms with Crippen LogP contribution in [0.15, 0.2) is 18.2 Å². The molecule has 1 fully saturated rings. The summed E-state index contributed by atoms with van der Waals surface area (Å²) in [4.78, 5) is 25.4. The summed E-state index contributed by atoms with van der Waals surface area (Å²) in [6.45, 7) is 7.06. The Kier molecular flexibility index (Phi) is 4.18. The monoisotopic (exact) mass is 292 g/mol. The summed E-state index contributed by atoms with van der Waals surface area (Å²) in [7, 11) is 0. The molecule has 6 nitrogen and oxygen atoms in total. The van der Waals surface area contributed by atoms with Crippen LogP contribution in [0.3, 0.4) is 0 Å². The van der Waals surface area contributed by atoms with Gasteiger partial charge in [0.1, 0.15) is 0 Å². The summed E-state index contributed by atoms with van der Waals surface area (Å²) < 4.78 is 5.38. The fourth-order valence-electron chi connectivity index (χ4n) is 2.36. The van der Waals surface area contributed by atoms with Gasteiger partial charge in [-0.3, -0.25) is 0 Å². The molecular weight excluding hydrogens is 272 g/mol.